The Morgan fingerprint density at radius 2 is 2.16 bits per heavy atom. The number of hydrogen-bond donors (Lipinski definition) is 1. The molecule has 0 aromatic heterocycles. The highest BCUT2D eigenvalue weighted by molar-refractivity contribution is 7.91. The molecule has 2 rings (SSSR count). The third-order valence-corrected chi connectivity index (χ3v) is 4.31. The van der Waals surface area contributed by atoms with Crippen LogP contribution in [0.25, 0.3) is 0 Å². The predicted molar refractivity (Wildman–Crippen MR) is 60.4 cm³/mol. The van der Waals surface area contributed by atoms with Gasteiger partial charge < -0.3 is 9.84 Å². The van der Waals surface area contributed by atoms with Gasteiger partial charge in [0.05, 0.1) is 7.11 Å². The topological polar surface area (TPSA) is 126 Å². The highest BCUT2D eigenvalue weighted by Crippen LogP contribution is 2.35. The van der Waals surface area contributed by atoms with Crippen LogP contribution in [0.3, 0.4) is 0 Å². The molecular weight excluding hydrogens is 278 g/mol. The maximum Gasteiger partial charge on any atom is 0.357 e. The van der Waals surface area contributed by atoms with E-state index in [1.54, 1.807) is 0 Å². The summed E-state index contributed by atoms with van der Waals surface area (Å²) in [7, 11) is -2.62. The van der Waals surface area contributed by atoms with E-state index in [4.69, 9.17) is 0 Å². The first-order valence-corrected chi connectivity index (χ1v) is 6.99. The second-order valence-electron chi connectivity index (χ2n) is 4.19. The Morgan fingerprint density at radius 3 is 2.68 bits per heavy atom. The highest BCUT2D eigenvalue weighted by atomic mass is 32.2. The SMILES string of the molecule is COC(=O)[C@]12CS(=O)(=O)CN1C(=O)/C(=C(/C)O)N=N2. The molecule has 0 aromatic rings. The Labute approximate surface area is 108 Å². The van der Waals surface area contributed by atoms with Gasteiger partial charge in [-0.3, -0.25) is 9.69 Å². The van der Waals surface area contributed by atoms with Crippen molar-refractivity contribution in [3.05, 3.63) is 11.5 Å². The van der Waals surface area contributed by atoms with E-state index in [-0.39, 0.29) is 0 Å². The normalized spacial score (nSPS) is 31.1. The molecule has 0 radical (unpaired) electrons. The monoisotopic (exact) mass is 289 g/mol. The molecule has 19 heavy (non-hydrogen) atoms. The maximum absolute atomic E-state index is 12.0. The van der Waals surface area contributed by atoms with E-state index < -0.39 is 50.5 Å². The lowest BCUT2D eigenvalue weighted by atomic mass is 10.1. The molecule has 1 N–H and O–H groups in total. The molecule has 0 unspecified atom stereocenters. The van der Waals surface area contributed by atoms with Gasteiger partial charge in [-0.2, -0.15) is 0 Å². The number of sulfone groups is 1. The van der Waals surface area contributed by atoms with Crippen LogP contribution in [0, 0.1) is 0 Å². The average Bonchev–Trinajstić information content (AvgIpc) is 2.61. The summed E-state index contributed by atoms with van der Waals surface area (Å²) in [6.07, 6.45) is 0. The number of esters is 1. The molecule has 2 aliphatic rings. The predicted octanol–water partition coefficient (Wildman–Crippen LogP) is -0.674. The number of nitrogens with zero attached hydrogens (tertiary/aromatic N) is 3. The van der Waals surface area contributed by atoms with E-state index in [1.807, 2.05) is 0 Å². The van der Waals surface area contributed by atoms with Crippen molar-refractivity contribution in [2.75, 3.05) is 18.7 Å². The lowest BCUT2D eigenvalue weighted by Gasteiger charge is -2.32. The first-order chi connectivity index (χ1) is 8.73. The van der Waals surface area contributed by atoms with E-state index in [0.717, 1.165) is 12.0 Å². The van der Waals surface area contributed by atoms with Crippen molar-refractivity contribution in [2.24, 2.45) is 10.2 Å². The van der Waals surface area contributed by atoms with Crippen molar-refractivity contribution in [2.45, 2.75) is 12.6 Å². The Kier molecular flexibility index (Phi) is 2.84. The zero-order valence-corrected chi connectivity index (χ0v) is 11.0. The van der Waals surface area contributed by atoms with Gasteiger partial charge >= 0.3 is 5.97 Å². The van der Waals surface area contributed by atoms with E-state index in [2.05, 4.69) is 15.0 Å². The van der Waals surface area contributed by atoms with Crippen LogP contribution in [0.2, 0.25) is 0 Å². The molecule has 0 spiro atoms. The van der Waals surface area contributed by atoms with Crippen LogP contribution >= 0.6 is 0 Å². The van der Waals surface area contributed by atoms with Crippen LogP contribution in [-0.2, 0) is 24.2 Å². The van der Waals surface area contributed by atoms with Gasteiger partial charge in [-0.05, 0) is 6.92 Å². The Bertz CT molecular complexity index is 618. The Morgan fingerprint density at radius 1 is 1.53 bits per heavy atom. The van der Waals surface area contributed by atoms with Gasteiger partial charge in [-0.1, -0.05) is 0 Å². The summed E-state index contributed by atoms with van der Waals surface area (Å²) in [4.78, 5) is 24.6. The van der Waals surface area contributed by atoms with Crippen LogP contribution in [0.4, 0.5) is 0 Å². The number of methoxy groups -OCH3 is 1. The zero-order valence-electron chi connectivity index (χ0n) is 10.2. The van der Waals surface area contributed by atoms with E-state index >= 15 is 0 Å². The van der Waals surface area contributed by atoms with Crippen molar-refractivity contribution in [3.8, 4) is 0 Å². The lowest BCUT2D eigenvalue weighted by molar-refractivity contribution is -0.158. The molecule has 10 heteroatoms. The summed E-state index contributed by atoms with van der Waals surface area (Å²) < 4.78 is 27.8. The van der Waals surface area contributed by atoms with Gasteiger partial charge in [0.2, 0.25) is 0 Å². The van der Waals surface area contributed by atoms with E-state index in [0.29, 0.717) is 0 Å². The summed E-state index contributed by atoms with van der Waals surface area (Å²) in [6.45, 7) is 1.21. The minimum Gasteiger partial charge on any atom is -0.510 e. The third kappa shape index (κ3) is 1.87. The van der Waals surface area contributed by atoms with Crippen molar-refractivity contribution in [1.29, 1.82) is 0 Å². The average molecular weight is 289 g/mol. The number of allylic oxidation sites excluding steroid dienone is 1. The number of ether oxygens (including phenoxy) is 1. The van der Waals surface area contributed by atoms with E-state index in [9.17, 15) is 23.1 Å². The summed E-state index contributed by atoms with van der Waals surface area (Å²) >= 11 is 0. The summed E-state index contributed by atoms with van der Waals surface area (Å²) in [6, 6.07) is 0. The second kappa shape index (κ2) is 4.02. The van der Waals surface area contributed by atoms with Gasteiger partial charge in [-0.15, -0.1) is 10.2 Å². The molecule has 0 saturated carbocycles. The van der Waals surface area contributed by atoms with Crippen LogP contribution in [0.1, 0.15) is 6.92 Å². The summed E-state index contributed by atoms with van der Waals surface area (Å²) in [5.74, 6) is -3.62. The van der Waals surface area contributed by atoms with Crippen LogP contribution < -0.4 is 0 Å². The molecule has 2 aliphatic heterocycles. The summed E-state index contributed by atoms with van der Waals surface area (Å²) in [5, 5.41) is 16.3. The van der Waals surface area contributed by atoms with Crippen molar-refractivity contribution >= 4 is 21.7 Å². The van der Waals surface area contributed by atoms with Gasteiger partial charge in [0.15, 0.2) is 15.5 Å². The molecule has 1 amide bonds. The molecule has 1 fully saturated rings. The third-order valence-electron chi connectivity index (χ3n) is 2.81. The number of rotatable bonds is 1. The Hall–Kier alpha value is -1.97. The molecule has 2 heterocycles. The number of fused-ring (bicyclic) bond motifs is 1. The van der Waals surface area contributed by atoms with Gasteiger partial charge in [0, 0.05) is 0 Å². The van der Waals surface area contributed by atoms with Gasteiger partial charge in [0.1, 0.15) is 17.4 Å². The van der Waals surface area contributed by atoms with Crippen molar-refractivity contribution in [1.82, 2.24) is 4.90 Å². The maximum atomic E-state index is 12.0. The molecule has 9 nitrogen and oxygen atoms in total. The zero-order chi connectivity index (χ0) is 14.4. The fourth-order valence-corrected chi connectivity index (χ4v) is 3.71. The fourth-order valence-electron chi connectivity index (χ4n) is 1.95. The van der Waals surface area contributed by atoms with Gasteiger partial charge in [0.25, 0.3) is 11.6 Å². The summed E-state index contributed by atoms with van der Waals surface area (Å²) in [5.41, 5.74) is -2.37. The Balaban J connectivity index is 2.63. The number of carbonyl (C=O) groups excluding carboxylic acids is 2. The molecule has 0 bridgehead atoms. The van der Waals surface area contributed by atoms with Crippen LogP contribution in [0.15, 0.2) is 21.7 Å². The van der Waals surface area contributed by atoms with Gasteiger partial charge in [-0.25, -0.2) is 13.2 Å². The van der Waals surface area contributed by atoms with E-state index in [1.165, 1.54) is 6.92 Å². The molecule has 1 saturated heterocycles. The molecular formula is C9H11N3O6S. The number of hydrogen-bond acceptors (Lipinski definition) is 8. The lowest BCUT2D eigenvalue weighted by Crippen LogP contribution is -2.56. The molecule has 1 atom stereocenters. The largest absolute Gasteiger partial charge is 0.510 e. The first kappa shape index (κ1) is 13.5. The number of carbonyl (C=O) groups is 2. The number of amides is 1. The number of aliphatic hydroxyl groups excluding tert-OH is 1. The number of aliphatic hydroxyl groups is 1. The van der Waals surface area contributed by atoms with Crippen molar-refractivity contribution < 1.29 is 27.9 Å². The highest BCUT2D eigenvalue weighted by Gasteiger charge is 2.60. The molecule has 0 aliphatic carbocycles. The minimum atomic E-state index is -3.68. The standard InChI is InChI=1S/C9H11N3O6S/c1-5(13)6-7(14)12-4-19(16,17)3-9(12,11-10-6)8(15)18-2/h13H,3-4H2,1-2H3/b6-5+/t9-/m0/s1. The first-order valence-electron chi connectivity index (χ1n) is 5.17. The fraction of sp³-hybridized carbons (Fsp3) is 0.556. The van der Waals surface area contributed by atoms with Crippen molar-refractivity contribution in [3.63, 3.8) is 0 Å². The molecule has 104 valence electrons. The quantitative estimate of drug-likeness (QED) is 0.387. The second-order valence-corrected chi connectivity index (χ2v) is 6.23. The minimum absolute atomic E-state index is 0.392. The molecule has 0 aromatic carbocycles. The number of azo groups is 1. The smallest absolute Gasteiger partial charge is 0.357 e. The van der Waals surface area contributed by atoms with Crippen LogP contribution in [-0.4, -0.2) is 54.7 Å². The van der Waals surface area contributed by atoms with Crippen LogP contribution in [0.5, 0.6) is 0 Å².